The van der Waals surface area contributed by atoms with Crippen molar-refractivity contribution in [3.05, 3.63) is 47.1 Å². The van der Waals surface area contributed by atoms with Crippen LogP contribution in [0.2, 0.25) is 0 Å². The van der Waals surface area contributed by atoms with Gasteiger partial charge in [-0.3, -0.25) is 4.79 Å². The van der Waals surface area contributed by atoms with Crippen molar-refractivity contribution in [2.75, 3.05) is 0 Å². The molecule has 5 nitrogen and oxygen atoms in total. The highest BCUT2D eigenvalue weighted by molar-refractivity contribution is 5.73. The van der Waals surface area contributed by atoms with Crippen molar-refractivity contribution in [3.8, 4) is 0 Å². The summed E-state index contributed by atoms with van der Waals surface area (Å²) >= 11 is 0. The molecule has 0 fully saturated rings. The van der Waals surface area contributed by atoms with Gasteiger partial charge in [0.1, 0.15) is 0 Å². The van der Waals surface area contributed by atoms with Crippen LogP contribution in [0.15, 0.2) is 28.8 Å². The third kappa shape index (κ3) is 2.89. The second-order valence-corrected chi connectivity index (χ2v) is 6.46. The first kappa shape index (κ1) is 14.8. The number of aromatic nitrogens is 2. The molecule has 0 saturated heterocycles. The molecule has 1 aromatic heterocycles. The maximum atomic E-state index is 11.3. The maximum Gasteiger partial charge on any atom is 0.227 e. The lowest BCUT2D eigenvalue weighted by Gasteiger charge is -2.20. The summed E-state index contributed by atoms with van der Waals surface area (Å²) in [5.41, 5.74) is 2.19. The normalized spacial score (nSPS) is 17.3. The van der Waals surface area contributed by atoms with Gasteiger partial charge in [-0.25, -0.2) is 0 Å². The predicted octanol–water partition coefficient (Wildman–Crippen LogP) is 2.71. The van der Waals surface area contributed by atoms with Crippen molar-refractivity contribution in [2.24, 2.45) is 0 Å². The van der Waals surface area contributed by atoms with Gasteiger partial charge in [0.15, 0.2) is 5.82 Å². The van der Waals surface area contributed by atoms with Crippen molar-refractivity contribution < 1.29 is 9.32 Å². The van der Waals surface area contributed by atoms with Gasteiger partial charge in [-0.2, -0.15) is 4.98 Å². The topological polar surface area (TPSA) is 68.0 Å². The number of hydrogen-bond acceptors (Lipinski definition) is 4. The quantitative estimate of drug-likeness (QED) is 0.942. The predicted molar refractivity (Wildman–Crippen MR) is 82.3 cm³/mol. The Morgan fingerprint density at radius 2 is 2.18 bits per heavy atom. The van der Waals surface area contributed by atoms with Gasteiger partial charge in [0.25, 0.3) is 0 Å². The number of carbonyl (C=O) groups is 1. The van der Waals surface area contributed by atoms with Crippen molar-refractivity contribution in [3.63, 3.8) is 0 Å². The Morgan fingerprint density at radius 1 is 1.41 bits per heavy atom. The zero-order valence-electron chi connectivity index (χ0n) is 13.2. The highest BCUT2D eigenvalue weighted by Crippen LogP contribution is 2.35. The molecule has 0 bridgehead atoms. The van der Waals surface area contributed by atoms with Crippen LogP contribution in [-0.2, 0) is 23.2 Å². The fourth-order valence-electron chi connectivity index (χ4n) is 3.16. The van der Waals surface area contributed by atoms with E-state index in [1.165, 1.54) is 18.1 Å². The standard InChI is InChI=1S/C17H21N3O2/c1-11(21)19-17(2,3)16-18-15(22-20-16)10-13-9-8-12-6-4-5-7-14(12)13/h4-7,13H,8-10H2,1-3H3,(H,19,21). The maximum absolute atomic E-state index is 11.3. The van der Waals surface area contributed by atoms with Gasteiger partial charge in [-0.15, -0.1) is 0 Å². The van der Waals surface area contributed by atoms with E-state index in [1.807, 2.05) is 13.8 Å². The smallest absolute Gasteiger partial charge is 0.227 e. The van der Waals surface area contributed by atoms with Crippen LogP contribution in [0.5, 0.6) is 0 Å². The second kappa shape index (κ2) is 5.55. The van der Waals surface area contributed by atoms with E-state index in [9.17, 15) is 4.79 Å². The summed E-state index contributed by atoms with van der Waals surface area (Å²) in [5.74, 6) is 1.48. The molecule has 1 unspecified atom stereocenters. The average molecular weight is 299 g/mol. The Labute approximate surface area is 130 Å². The molecule has 1 aliphatic carbocycles. The van der Waals surface area contributed by atoms with Gasteiger partial charge < -0.3 is 9.84 Å². The molecule has 1 heterocycles. The van der Waals surface area contributed by atoms with E-state index in [0.29, 0.717) is 17.6 Å². The minimum absolute atomic E-state index is 0.110. The number of aryl methyl sites for hydroxylation is 1. The molecule has 5 heteroatoms. The molecule has 116 valence electrons. The van der Waals surface area contributed by atoms with Gasteiger partial charge in [-0.05, 0) is 43.7 Å². The van der Waals surface area contributed by atoms with E-state index in [4.69, 9.17) is 4.52 Å². The lowest BCUT2D eigenvalue weighted by molar-refractivity contribution is -0.120. The summed E-state index contributed by atoms with van der Waals surface area (Å²) in [6, 6.07) is 8.54. The molecule has 1 atom stereocenters. The molecule has 1 aliphatic rings. The number of fused-ring (bicyclic) bond motifs is 1. The lowest BCUT2D eigenvalue weighted by atomic mass is 9.98. The molecule has 0 spiro atoms. The summed E-state index contributed by atoms with van der Waals surface area (Å²) in [7, 11) is 0. The van der Waals surface area contributed by atoms with Crippen molar-refractivity contribution >= 4 is 5.91 Å². The summed E-state index contributed by atoms with van der Waals surface area (Å²) in [4.78, 5) is 15.7. The van der Waals surface area contributed by atoms with E-state index in [0.717, 1.165) is 19.3 Å². The minimum atomic E-state index is -0.624. The zero-order valence-corrected chi connectivity index (χ0v) is 13.2. The number of nitrogens with zero attached hydrogens (tertiary/aromatic N) is 2. The third-order valence-corrected chi connectivity index (χ3v) is 4.19. The van der Waals surface area contributed by atoms with Crippen LogP contribution in [0.4, 0.5) is 0 Å². The van der Waals surface area contributed by atoms with E-state index >= 15 is 0 Å². The van der Waals surface area contributed by atoms with Crippen LogP contribution in [0.3, 0.4) is 0 Å². The Morgan fingerprint density at radius 3 is 2.95 bits per heavy atom. The van der Waals surface area contributed by atoms with Gasteiger partial charge >= 0.3 is 0 Å². The monoisotopic (exact) mass is 299 g/mol. The number of hydrogen-bond donors (Lipinski definition) is 1. The van der Waals surface area contributed by atoms with E-state index in [1.54, 1.807) is 0 Å². The molecule has 0 aliphatic heterocycles. The van der Waals surface area contributed by atoms with E-state index < -0.39 is 5.54 Å². The summed E-state index contributed by atoms with van der Waals surface area (Å²) in [5, 5.41) is 6.87. The third-order valence-electron chi connectivity index (χ3n) is 4.19. The average Bonchev–Trinajstić information content (AvgIpc) is 3.06. The van der Waals surface area contributed by atoms with Crippen molar-refractivity contribution in [2.45, 2.75) is 51.5 Å². The van der Waals surface area contributed by atoms with Crippen LogP contribution in [0, 0.1) is 0 Å². The first-order valence-electron chi connectivity index (χ1n) is 7.65. The van der Waals surface area contributed by atoms with Gasteiger partial charge in [0, 0.05) is 13.3 Å². The second-order valence-electron chi connectivity index (χ2n) is 6.46. The molecule has 3 rings (SSSR count). The van der Waals surface area contributed by atoms with Crippen molar-refractivity contribution in [1.82, 2.24) is 15.5 Å². The van der Waals surface area contributed by atoms with E-state index in [-0.39, 0.29) is 5.91 Å². The summed E-state index contributed by atoms with van der Waals surface area (Å²) in [6.45, 7) is 5.22. The zero-order chi connectivity index (χ0) is 15.7. The number of nitrogens with one attached hydrogen (secondary N) is 1. The molecule has 1 aromatic carbocycles. The van der Waals surface area contributed by atoms with Gasteiger partial charge in [0.2, 0.25) is 11.8 Å². The van der Waals surface area contributed by atoms with Crippen LogP contribution >= 0.6 is 0 Å². The first-order chi connectivity index (χ1) is 10.5. The fourth-order valence-corrected chi connectivity index (χ4v) is 3.16. The van der Waals surface area contributed by atoms with Crippen LogP contribution < -0.4 is 5.32 Å². The van der Waals surface area contributed by atoms with E-state index in [2.05, 4.69) is 39.7 Å². The largest absolute Gasteiger partial charge is 0.344 e. The van der Waals surface area contributed by atoms with Crippen LogP contribution in [0.1, 0.15) is 56.0 Å². The van der Waals surface area contributed by atoms with Crippen LogP contribution in [-0.4, -0.2) is 16.0 Å². The molecular formula is C17H21N3O2. The minimum Gasteiger partial charge on any atom is -0.344 e. The molecule has 1 N–H and O–H groups in total. The van der Waals surface area contributed by atoms with Gasteiger partial charge in [0.05, 0.1) is 5.54 Å². The van der Waals surface area contributed by atoms with Gasteiger partial charge in [-0.1, -0.05) is 29.4 Å². The lowest BCUT2D eigenvalue weighted by Crippen LogP contribution is -2.40. The highest BCUT2D eigenvalue weighted by Gasteiger charge is 2.29. The fraction of sp³-hybridized carbons (Fsp3) is 0.471. The number of carbonyl (C=O) groups excluding carboxylic acids is 1. The molecule has 0 saturated carbocycles. The number of rotatable bonds is 4. The Bertz CT molecular complexity index is 691. The molecule has 2 aromatic rings. The Hall–Kier alpha value is -2.17. The number of benzene rings is 1. The SMILES string of the molecule is CC(=O)NC(C)(C)c1noc(CC2CCc3ccccc32)n1. The van der Waals surface area contributed by atoms with Crippen molar-refractivity contribution in [1.29, 1.82) is 0 Å². The molecular weight excluding hydrogens is 278 g/mol. The number of amides is 1. The Kier molecular flexibility index (Phi) is 3.72. The van der Waals surface area contributed by atoms with Crippen LogP contribution in [0.25, 0.3) is 0 Å². The molecule has 0 radical (unpaired) electrons. The Balaban J connectivity index is 1.74. The molecule has 1 amide bonds. The molecule has 22 heavy (non-hydrogen) atoms. The first-order valence-corrected chi connectivity index (χ1v) is 7.65. The summed E-state index contributed by atoms with van der Waals surface area (Å²) in [6.07, 6.45) is 2.98. The summed E-state index contributed by atoms with van der Waals surface area (Å²) < 4.78 is 5.40. The highest BCUT2D eigenvalue weighted by atomic mass is 16.5.